The quantitative estimate of drug-likeness (QED) is 0.802. The normalized spacial score (nSPS) is 12.9. The van der Waals surface area contributed by atoms with Crippen molar-refractivity contribution < 1.29 is 14.6 Å². The Morgan fingerprint density at radius 3 is 2.87 bits per heavy atom. The third-order valence-corrected chi connectivity index (χ3v) is 2.93. The van der Waals surface area contributed by atoms with Gasteiger partial charge in [-0.05, 0) is 12.8 Å². The van der Waals surface area contributed by atoms with E-state index < -0.39 is 6.10 Å². The van der Waals surface area contributed by atoms with Crippen LogP contribution in [0, 0.1) is 5.92 Å². The zero-order chi connectivity index (χ0) is 11.4. The molecule has 0 bridgehead atoms. The zero-order valence-electron chi connectivity index (χ0n) is 9.06. The molecule has 0 aliphatic heterocycles. The molecule has 4 nitrogen and oxygen atoms in total. The molecular formula is C10H15NO3S. The molecule has 84 valence electrons. The van der Waals surface area contributed by atoms with Crippen LogP contribution in [0.5, 0.6) is 0 Å². The molecule has 0 unspecified atom stereocenters. The number of nitrogens with zero attached hydrogens (tertiary/aromatic N) is 1. The van der Waals surface area contributed by atoms with Gasteiger partial charge in [-0.15, -0.1) is 11.3 Å². The van der Waals surface area contributed by atoms with Crippen LogP contribution in [0.1, 0.15) is 41.6 Å². The summed E-state index contributed by atoms with van der Waals surface area (Å²) in [4.78, 5) is 15.8. The van der Waals surface area contributed by atoms with E-state index in [0.717, 1.165) is 0 Å². The molecule has 0 saturated carbocycles. The molecule has 0 spiro atoms. The molecule has 0 aliphatic rings. The van der Waals surface area contributed by atoms with Gasteiger partial charge in [-0.2, -0.15) is 0 Å². The number of aliphatic hydroxyl groups excluding tert-OH is 1. The number of carbonyl (C=O) groups excluding carboxylic acids is 1. The van der Waals surface area contributed by atoms with Crippen LogP contribution in [-0.2, 0) is 4.74 Å². The number of esters is 1. The van der Waals surface area contributed by atoms with E-state index in [4.69, 9.17) is 4.74 Å². The Bertz CT molecular complexity index is 335. The summed E-state index contributed by atoms with van der Waals surface area (Å²) in [6, 6.07) is 0. The van der Waals surface area contributed by atoms with E-state index in [9.17, 15) is 9.90 Å². The van der Waals surface area contributed by atoms with E-state index in [1.165, 1.54) is 17.5 Å². The van der Waals surface area contributed by atoms with Crippen molar-refractivity contribution in [2.24, 2.45) is 5.92 Å². The van der Waals surface area contributed by atoms with Crippen molar-refractivity contribution in [3.05, 3.63) is 16.1 Å². The molecule has 1 N–H and O–H groups in total. The van der Waals surface area contributed by atoms with Crippen molar-refractivity contribution in [1.29, 1.82) is 0 Å². The third-order valence-electron chi connectivity index (χ3n) is 1.88. The van der Waals surface area contributed by atoms with E-state index >= 15 is 0 Å². The summed E-state index contributed by atoms with van der Waals surface area (Å²) in [6.45, 7) is 5.90. The Morgan fingerprint density at radius 1 is 1.67 bits per heavy atom. The minimum Gasteiger partial charge on any atom is -0.462 e. The van der Waals surface area contributed by atoms with Crippen LogP contribution in [0.2, 0.25) is 0 Å². The van der Waals surface area contributed by atoms with Crippen LogP contribution in [-0.4, -0.2) is 22.7 Å². The highest BCUT2D eigenvalue weighted by molar-refractivity contribution is 7.13. The van der Waals surface area contributed by atoms with Gasteiger partial charge in [-0.3, -0.25) is 0 Å². The Morgan fingerprint density at radius 2 is 2.33 bits per heavy atom. The molecule has 0 amide bonds. The van der Waals surface area contributed by atoms with Crippen molar-refractivity contribution in [2.45, 2.75) is 26.9 Å². The fourth-order valence-electron chi connectivity index (χ4n) is 1.01. The maximum absolute atomic E-state index is 11.3. The lowest BCUT2D eigenvalue weighted by Crippen LogP contribution is -2.04. The summed E-state index contributed by atoms with van der Waals surface area (Å²) < 4.78 is 4.83. The second-order valence-electron chi connectivity index (χ2n) is 3.47. The monoisotopic (exact) mass is 229 g/mol. The highest BCUT2D eigenvalue weighted by Crippen LogP contribution is 2.25. The van der Waals surface area contributed by atoms with Gasteiger partial charge in [0, 0.05) is 0 Å². The number of carbonyl (C=O) groups is 1. The zero-order valence-corrected chi connectivity index (χ0v) is 9.87. The number of hydrogen-bond donors (Lipinski definition) is 1. The lowest BCUT2D eigenvalue weighted by Gasteiger charge is -2.10. The maximum Gasteiger partial charge on any atom is 0.349 e. The predicted octanol–water partition coefficient (Wildman–Crippen LogP) is 2.01. The molecule has 1 aromatic rings. The van der Waals surface area contributed by atoms with Crippen molar-refractivity contribution >= 4 is 17.3 Å². The second-order valence-corrected chi connectivity index (χ2v) is 4.53. The lowest BCUT2D eigenvalue weighted by atomic mass is 10.1. The number of hydrogen-bond acceptors (Lipinski definition) is 5. The first-order chi connectivity index (χ1) is 7.06. The van der Waals surface area contributed by atoms with Crippen LogP contribution >= 0.6 is 11.3 Å². The minimum absolute atomic E-state index is 0.0891. The Labute approximate surface area is 92.9 Å². The first kappa shape index (κ1) is 12.1. The average Bonchev–Trinajstić information content (AvgIpc) is 2.65. The van der Waals surface area contributed by atoms with Crippen LogP contribution in [0.15, 0.2) is 6.20 Å². The van der Waals surface area contributed by atoms with E-state index in [-0.39, 0.29) is 11.9 Å². The van der Waals surface area contributed by atoms with Crippen LogP contribution in [0.3, 0.4) is 0 Å². The van der Waals surface area contributed by atoms with Gasteiger partial charge in [0.05, 0.1) is 12.8 Å². The Hall–Kier alpha value is -0.940. The van der Waals surface area contributed by atoms with E-state index in [1.54, 1.807) is 6.92 Å². The van der Waals surface area contributed by atoms with Gasteiger partial charge in [-0.1, -0.05) is 13.8 Å². The molecule has 0 fully saturated rings. The molecule has 1 atom stereocenters. The Balaban J connectivity index is 2.76. The molecule has 1 rings (SSSR count). The van der Waals surface area contributed by atoms with Gasteiger partial charge >= 0.3 is 5.97 Å². The summed E-state index contributed by atoms with van der Waals surface area (Å²) in [7, 11) is 0. The first-order valence-corrected chi connectivity index (χ1v) is 5.68. The lowest BCUT2D eigenvalue weighted by molar-refractivity contribution is 0.0532. The van der Waals surface area contributed by atoms with Crippen molar-refractivity contribution in [3.8, 4) is 0 Å². The topological polar surface area (TPSA) is 59.4 Å². The van der Waals surface area contributed by atoms with Gasteiger partial charge in [0.15, 0.2) is 0 Å². The van der Waals surface area contributed by atoms with Crippen molar-refractivity contribution in [2.75, 3.05) is 6.61 Å². The molecule has 0 aliphatic carbocycles. The van der Waals surface area contributed by atoms with Gasteiger partial charge in [-0.25, -0.2) is 9.78 Å². The van der Waals surface area contributed by atoms with Crippen molar-refractivity contribution in [1.82, 2.24) is 4.98 Å². The smallest absolute Gasteiger partial charge is 0.349 e. The Kier molecular flexibility index (Phi) is 4.23. The summed E-state index contributed by atoms with van der Waals surface area (Å²) in [6.07, 6.45) is 0.835. The summed E-state index contributed by atoms with van der Waals surface area (Å²) >= 11 is 1.18. The molecule has 15 heavy (non-hydrogen) atoms. The SMILES string of the molecule is CCOC(=O)c1cnc([C@@H](O)C(C)C)s1. The summed E-state index contributed by atoms with van der Waals surface area (Å²) in [5.74, 6) is -0.289. The van der Waals surface area contributed by atoms with E-state index in [2.05, 4.69) is 4.98 Å². The van der Waals surface area contributed by atoms with Gasteiger partial charge in [0.25, 0.3) is 0 Å². The molecule has 0 aromatic carbocycles. The first-order valence-electron chi connectivity index (χ1n) is 4.87. The second kappa shape index (κ2) is 5.23. The molecule has 5 heteroatoms. The fraction of sp³-hybridized carbons (Fsp3) is 0.600. The van der Waals surface area contributed by atoms with Gasteiger partial charge < -0.3 is 9.84 Å². The number of aromatic nitrogens is 1. The number of ether oxygens (including phenoxy) is 1. The number of aliphatic hydroxyl groups is 1. The third kappa shape index (κ3) is 3.00. The van der Waals surface area contributed by atoms with Gasteiger partial charge in [0.2, 0.25) is 0 Å². The summed E-state index contributed by atoms with van der Waals surface area (Å²) in [5, 5.41) is 10.3. The van der Waals surface area contributed by atoms with E-state index in [1.807, 2.05) is 13.8 Å². The van der Waals surface area contributed by atoms with Crippen LogP contribution in [0.4, 0.5) is 0 Å². The highest BCUT2D eigenvalue weighted by Gasteiger charge is 2.18. The number of rotatable bonds is 4. The largest absolute Gasteiger partial charge is 0.462 e. The summed E-state index contributed by atoms with van der Waals surface area (Å²) in [5.41, 5.74) is 0. The molecule has 1 aromatic heterocycles. The number of thiazole rings is 1. The molecular weight excluding hydrogens is 214 g/mol. The fourth-order valence-corrected chi connectivity index (χ4v) is 1.98. The molecule has 0 radical (unpaired) electrons. The molecule has 0 saturated heterocycles. The molecule has 1 heterocycles. The van der Waals surface area contributed by atoms with Crippen molar-refractivity contribution in [3.63, 3.8) is 0 Å². The van der Waals surface area contributed by atoms with Gasteiger partial charge in [0.1, 0.15) is 16.0 Å². The minimum atomic E-state index is -0.613. The van der Waals surface area contributed by atoms with Crippen LogP contribution in [0.25, 0.3) is 0 Å². The predicted molar refractivity (Wildman–Crippen MR) is 57.9 cm³/mol. The highest BCUT2D eigenvalue weighted by atomic mass is 32.1. The standard InChI is InChI=1S/C10H15NO3S/c1-4-14-10(13)7-5-11-9(15-7)8(12)6(2)3/h5-6,8,12H,4H2,1-3H3/t8-/m0/s1. The van der Waals surface area contributed by atoms with E-state index in [0.29, 0.717) is 16.5 Å². The average molecular weight is 229 g/mol. The van der Waals surface area contributed by atoms with Crippen LogP contribution < -0.4 is 0 Å². The maximum atomic E-state index is 11.3.